The maximum absolute atomic E-state index is 14.1. The molecule has 0 saturated carbocycles. The first kappa shape index (κ1) is 29.0. The van der Waals surface area contributed by atoms with Crippen molar-refractivity contribution in [1.82, 2.24) is 14.5 Å². The van der Waals surface area contributed by atoms with E-state index >= 15 is 0 Å². The van der Waals surface area contributed by atoms with Gasteiger partial charge in [0, 0.05) is 32.2 Å². The second-order valence-corrected chi connectivity index (χ2v) is 10.8. The number of rotatable bonds is 10. The molecule has 2 aromatic heterocycles. The van der Waals surface area contributed by atoms with E-state index in [4.69, 9.17) is 9.47 Å². The molecule has 2 aromatic carbocycles. The Hall–Kier alpha value is -4.00. The van der Waals surface area contributed by atoms with Crippen LogP contribution in [0.4, 0.5) is 8.78 Å². The lowest BCUT2D eigenvalue weighted by atomic mass is 10.0. The maximum atomic E-state index is 14.1. The molecule has 2 heterocycles. The third-order valence-corrected chi connectivity index (χ3v) is 8.03. The molecule has 4 rings (SSSR count). The highest BCUT2D eigenvalue weighted by molar-refractivity contribution is 7.91. The van der Waals surface area contributed by atoms with Crippen LogP contribution in [0.1, 0.15) is 29.9 Å². The zero-order valence-corrected chi connectivity index (χ0v) is 22.8. The molecule has 0 unspecified atom stereocenters. The number of methoxy groups -OCH3 is 1. The van der Waals surface area contributed by atoms with Crippen molar-refractivity contribution in [3.8, 4) is 17.0 Å². The summed E-state index contributed by atoms with van der Waals surface area (Å²) in [7, 11) is -3.28. The summed E-state index contributed by atoms with van der Waals surface area (Å²) in [5.74, 6) is -2.91. The van der Waals surface area contributed by atoms with Gasteiger partial charge in [-0.15, -0.1) is 0 Å². The molecule has 210 valence electrons. The third-order valence-electron chi connectivity index (χ3n) is 6.24. The van der Waals surface area contributed by atoms with Gasteiger partial charge in [-0.25, -0.2) is 17.2 Å². The fraction of sp³-hybridized carbons (Fsp3) is 0.250. The molecule has 0 saturated heterocycles. The van der Waals surface area contributed by atoms with Crippen molar-refractivity contribution in [2.24, 2.45) is 0 Å². The monoisotopic (exact) mass is 571 g/mol. The number of pyridine rings is 1. The quantitative estimate of drug-likeness (QED) is 0.301. The van der Waals surface area contributed by atoms with Crippen molar-refractivity contribution in [3.05, 3.63) is 99.9 Å². The van der Waals surface area contributed by atoms with Gasteiger partial charge in [0.15, 0.2) is 4.90 Å². The van der Waals surface area contributed by atoms with Gasteiger partial charge in [0.1, 0.15) is 24.1 Å². The summed E-state index contributed by atoms with van der Waals surface area (Å²) >= 11 is 0. The standard InChI is InChI=1S/C28H27F2N3O6S/c1-4-39-16-25-32-27(34)26(28(35)33(25)24(15-38-3)19-11-20(29)13-21(30)12-19)40(36,37)22-7-5-18(6-8-22)23-9-10-31-14-17(23)2/h5-14,24,35H,4,15-16H2,1-3H3/t24-/m0/s1. The second-order valence-electron chi connectivity index (χ2n) is 8.89. The van der Waals surface area contributed by atoms with Crippen LogP contribution >= 0.6 is 0 Å². The Morgan fingerprint density at radius 3 is 2.35 bits per heavy atom. The number of hydrogen-bond donors (Lipinski definition) is 1. The summed E-state index contributed by atoms with van der Waals surface area (Å²) in [6, 6.07) is 9.11. The predicted octanol–water partition coefficient (Wildman–Crippen LogP) is 4.20. The van der Waals surface area contributed by atoms with Crippen LogP contribution in [0.15, 0.2) is 75.5 Å². The lowest BCUT2D eigenvalue weighted by molar-refractivity contribution is 0.114. The van der Waals surface area contributed by atoms with Crippen molar-refractivity contribution in [2.45, 2.75) is 36.3 Å². The average molecular weight is 572 g/mol. The summed E-state index contributed by atoms with van der Waals surface area (Å²) in [6.45, 7) is 3.22. The van der Waals surface area contributed by atoms with Gasteiger partial charge in [0.25, 0.3) is 5.56 Å². The summed E-state index contributed by atoms with van der Waals surface area (Å²) in [5, 5.41) is 11.4. The minimum Gasteiger partial charge on any atom is -0.493 e. The van der Waals surface area contributed by atoms with E-state index in [2.05, 4.69) is 9.97 Å². The molecular weight excluding hydrogens is 544 g/mol. The van der Waals surface area contributed by atoms with Crippen LogP contribution in [0.2, 0.25) is 0 Å². The van der Waals surface area contributed by atoms with Gasteiger partial charge in [-0.1, -0.05) is 12.1 Å². The van der Waals surface area contributed by atoms with Crippen LogP contribution in [0.5, 0.6) is 5.88 Å². The summed E-state index contributed by atoms with van der Waals surface area (Å²) in [5.41, 5.74) is 1.25. The highest BCUT2D eigenvalue weighted by Gasteiger charge is 2.32. The molecule has 0 aliphatic carbocycles. The SMILES string of the molecule is CCOCc1nc(=O)c(S(=O)(=O)c2ccc(-c3ccncc3C)cc2)c(O)n1[C@@H](COC)c1cc(F)cc(F)c1. The van der Waals surface area contributed by atoms with E-state index in [0.717, 1.165) is 33.4 Å². The predicted molar refractivity (Wildman–Crippen MR) is 142 cm³/mol. The molecule has 9 nitrogen and oxygen atoms in total. The molecular formula is C28H27F2N3O6S. The van der Waals surface area contributed by atoms with E-state index in [0.29, 0.717) is 6.07 Å². The minimum absolute atomic E-state index is 0.0123. The number of sulfone groups is 1. The van der Waals surface area contributed by atoms with E-state index in [9.17, 15) is 27.1 Å². The van der Waals surface area contributed by atoms with Gasteiger partial charge in [-0.2, -0.15) is 4.98 Å². The summed E-state index contributed by atoms with van der Waals surface area (Å²) in [6.07, 6.45) is 3.29. The first-order valence-corrected chi connectivity index (χ1v) is 13.7. The summed E-state index contributed by atoms with van der Waals surface area (Å²) in [4.78, 5) is 19.8. The van der Waals surface area contributed by atoms with Crippen LogP contribution in [0, 0.1) is 18.6 Å². The fourth-order valence-electron chi connectivity index (χ4n) is 4.38. The molecule has 0 radical (unpaired) electrons. The van der Waals surface area contributed by atoms with E-state index < -0.39 is 43.8 Å². The number of halogens is 2. The first-order valence-electron chi connectivity index (χ1n) is 12.2. The topological polar surface area (TPSA) is 121 Å². The number of nitrogens with zero attached hydrogens (tertiary/aromatic N) is 3. The van der Waals surface area contributed by atoms with Crippen LogP contribution in [-0.4, -0.2) is 48.4 Å². The zero-order valence-electron chi connectivity index (χ0n) is 22.0. The van der Waals surface area contributed by atoms with E-state index in [1.807, 2.05) is 6.92 Å². The van der Waals surface area contributed by atoms with Crippen molar-refractivity contribution in [3.63, 3.8) is 0 Å². The number of benzene rings is 2. The molecule has 12 heteroatoms. The second kappa shape index (κ2) is 12.0. The van der Waals surface area contributed by atoms with Crippen molar-refractivity contribution >= 4 is 9.84 Å². The Morgan fingerprint density at radius 1 is 1.07 bits per heavy atom. The van der Waals surface area contributed by atoms with E-state index in [-0.39, 0.29) is 36.1 Å². The fourth-order valence-corrected chi connectivity index (χ4v) is 5.73. The highest BCUT2D eigenvalue weighted by Crippen LogP contribution is 2.33. The van der Waals surface area contributed by atoms with Gasteiger partial charge in [-0.3, -0.25) is 14.3 Å². The maximum Gasteiger partial charge on any atom is 0.296 e. The number of aromatic nitrogens is 3. The molecule has 4 aromatic rings. The van der Waals surface area contributed by atoms with Crippen LogP contribution in [0.3, 0.4) is 0 Å². The average Bonchev–Trinajstić information content (AvgIpc) is 2.90. The van der Waals surface area contributed by atoms with E-state index in [1.165, 1.54) is 19.2 Å². The van der Waals surface area contributed by atoms with Gasteiger partial charge >= 0.3 is 0 Å². The molecule has 0 aliphatic heterocycles. The van der Waals surface area contributed by atoms with Crippen molar-refractivity contribution in [1.29, 1.82) is 0 Å². The normalized spacial score (nSPS) is 12.4. The van der Waals surface area contributed by atoms with Gasteiger partial charge < -0.3 is 14.6 Å². The summed E-state index contributed by atoms with van der Waals surface area (Å²) < 4.78 is 67.3. The largest absolute Gasteiger partial charge is 0.493 e. The number of hydrogen-bond acceptors (Lipinski definition) is 8. The Labute approximate surface area is 229 Å². The number of ether oxygens (including phenoxy) is 2. The van der Waals surface area contributed by atoms with Crippen LogP contribution in [-0.2, 0) is 25.9 Å². The lowest BCUT2D eigenvalue weighted by Crippen LogP contribution is -2.29. The Kier molecular flexibility index (Phi) is 8.72. The minimum atomic E-state index is -4.60. The number of aromatic hydroxyl groups is 1. The lowest BCUT2D eigenvalue weighted by Gasteiger charge is -2.25. The van der Waals surface area contributed by atoms with Crippen molar-refractivity contribution < 1.29 is 31.8 Å². The molecule has 0 spiro atoms. The molecule has 0 amide bonds. The third kappa shape index (κ3) is 5.79. The Bertz CT molecular complexity index is 1670. The van der Waals surface area contributed by atoms with Crippen molar-refractivity contribution in [2.75, 3.05) is 20.3 Å². The molecule has 0 bridgehead atoms. The van der Waals surface area contributed by atoms with Gasteiger partial charge in [0.2, 0.25) is 15.7 Å². The van der Waals surface area contributed by atoms with Gasteiger partial charge in [-0.05, 0) is 66.4 Å². The zero-order chi connectivity index (χ0) is 29.0. The first-order chi connectivity index (χ1) is 19.1. The Morgan fingerprint density at radius 2 is 1.75 bits per heavy atom. The molecule has 0 aliphatic rings. The Balaban J connectivity index is 1.90. The molecule has 1 atom stereocenters. The smallest absolute Gasteiger partial charge is 0.296 e. The van der Waals surface area contributed by atoms with E-state index in [1.54, 1.807) is 37.5 Å². The molecule has 1 N–H and O–H groups in total. The van der Waals surface area contributed by atoms with Crippen LogP contribution in [0.25, 0.3) is 11.1 Å². The van der Waals surface area contributed by atoms with Crippen LogP contribution < -0.4 is 5.56 Å². The highest BCUT2D eigenvalue weighted by atomic mass is 32.2. The molecule has 0 fully saturated rings. The molecule has 40 heavy (non-hydrogen) atoms. The number of aryl methyl sites for hydroxylation is 1. The van der Waals surface area contributed by atoms with Gasteiger partial charge in [0.05, 0.1) is 17.5 Å².